The van der Waals surface area contributed by atoms with Crippen LogP contribution in [0.2, 0.25) is 0 Å². The number of hydrogen-bond donors (Lipinski definition) is 1. The molecule has 3 heterocycles. The Bertz CT molecular complexity index is 1170. The van der Waals surface area contributed by atoms with Crippen LogP contribution in [-0.4, -0.2) is 35.4 Å². The van der Waals surface area contributed by atoms with E-state index in [1.807, 2.05) is 18.2 Å². The lowest BCUT2D eigenvalue weighted by atomic mass is 9.95. The maximum Gasteiger partial charge on any atom is 0.205 e. The molecule has 0 amide bonds. The Morgan fingerprint density at radius 3 is 2.61 bits per heavy atom. The van der Waals surface area contributed by atoms with Gasteiger partial charge in [0.15, 0.2) is 5.82 Å². The van der Waals surface area contributed by atoms with E-state index < -0.39 is 0 Å². The molecular formula is C24H25N7. The maximum absolute atomic E-state index is 4.50. The summed E-state index contributed by atoms with van der Waals surface area (Å²) < 4.78 is 2.33. The van der Waals surface area contributed by atoms with Crippen LogP contribution in [0.1, 0.15) is 55.9 Å². The second-order valence-electron chi connectivity index (χ2n) is 7.85. The van der Waals surface area contributed by atoms with Crippen molar-refractivity contribution in [2.24, 2.45) is 0 Å². The molecule has 0 saturated heterocycles. The van der Waals surface area contributed by atoms with Crippen LogP contribution in [0.15, 0.2) is 54.6 Å². The smallest absolute Gasteiger partial charge is 0.205 e. The van der Waals surface area contributed by atoms with Crippen molar-refractivity contribution in [1.29, 1.82) is 0 Å². The fourth-order valence-electron chi connectivity index (χ4n) is 4.27. The predicted molar refractivity (Wildman–Crippen MR) is 120 cm³/mol. The largest absolute Gasteiger partial charge is 0.304 e. The number of nitrogens with zero attached hydrogens (tertiary/aromatic N) is 6. The number of rotatable bonds is 6. The highest BCUT2D eigenvalue weighted by Crippen LogP contribution is 2.33. The molecule has 5 rings (SSSR count). The van der Waals surface area contributed by atoms with Gasteiger partial charge in [-0.2, -0.15) is 5.21 Å². The molecule has 4 aromatic rings. The Balaban J connectivity index is 1.49. The predicted octanol–water partition coefficient (Wildman–Crippen LogP) is 4.86. The van der Waals surface area contributed by atoms with Gasteiger partial charge in [-0.3, -0.25) is 0 Å². The summed E-state index contributed by atoms with van der Waals surface area (Å²) in [7, 11) is 0. The summed E-state index contributed by atoms with van der Waals surface area (Å²) in [5.74, 6) is 2.64. The van der Waals surface area contributed by atoms with Gasteiger partial charge in [0.05, 0.1) is 6.04 Å². The standard InChI is InChI=1S/C24H25N7/c1-2-3-11-22-25-26-23-12-7-6-10-21(31(22)23)18-15-13-17(14-16-18)19-8-4-5-9-20(19)24-27-29-30-28-24/h4-5,7-9,12-16,21H,2-3,6,10-11H2,1H3,(H,27,28,29,30). The van der Waals surface area contributed by atoms with Gasteiger partial charge in [0.1, 0.15) is 5.82 Å². The number of H-pyrrole nitrogens is 1. The van der Waals surface area contributed by atoms with E-state index in [-0.39, 0.29) is 6.04 Å². The van der Waals surface area contributed by atoms with Crippen molar-refractivity contribution in [3.05, 3.63) is 71.8 Å². The number of benzene rings is 2. The fraction of sp³-hybridized carbons (Fsp3) is 0.292. The van der Waals surface area contributed by atoms with Crippen LogP contribution in [0.4, 0.5) is 0 Å². The Morgan fingerprint density at radius 2 is 1.84 bits per heavy atom. The number of aromatic nitrogens is 7. The Labute approximate surface area is 181 Å². The lowest BCUT2D eigenvalue weighted by molar-refractivity contribution is 0.520. The summed E-state index contributed by atoms with van der Waals surface area (Å²) in [6.07, 6.45) is 9.63. The first-order valence-corrected chi connectivity index (χ1v) is 10.9. The third-order valence-corrected chi connectivity index (χ3v) is 5.85. The minimum absolute atomic E-state index is 0.244. The SMILES string of the molecule is CCCCc1nnc2n1C(c1ccc(-c3ccccc3-c3nn[nH]n3)cc1)CCC=C2. The first kappa shape index (κ1) is 19.4. The van der Waals surface area contributed by atoms with Crippen LogP contribution >= 0.6 is 0 Å². The molecule has 1 atom stereocenters. The number of tetrazole rings is 1. The molecule has 31 heavy (non-hydrogen) atoms. The first-order valence-electron chi connectivity index (χ1n) is 10.9. The van der Waals surface area contributed by atoms with Crippen molar-refractivity contribution in [3.8, 4) is 22.5 Å². The molecule has 0 saturated carbocycles. The van der Waals surface area contributed by atoms with Crippen molar-refractivity contribution in [1.82, 2.24) is 35.4 Å². The highest BCUT2D eigenvalue weighted by molar-refractivity contribution is 5.80. The monoisotopic (exact) mass is 411 g/mol. The molecular weight excluding hydrogens is 386 g/mol. The lowest BCUT2D eigenvalue weighted by Gasteiger charge is -2.21. The van der Waals surface area contributed by atoms with Gasteiger partial charge in [-0.1, -0.05) is 68.0 Å². The average molecular weight is 412 g/mol. The third kappa shape index (κ3) is 3.79. The first-order chi connectivity index (χ1) is 15.3. The minimum atomic E-state index is 0.244. The van der Waals surface area contributed by atoms with Crippen molar-refractivity contribution < 1.29 is 0 Å². The van der Waals surface area contributed by atoms with Gasteiger partial charge in [-0.15, -0.1) is 20.4 Å². The number of nitrogens with one attached hydrogen (secondary N) is 1. The summed E-state index contributed by atoms with van der Waals surface area (Å²) in [5.41, 5.74) is 4.46. The van der Waals surface area contributed by atoms with Crippen LogP contribution in [0.3, 0.4) is 0 Å². The van der Waals surface area contributed by atoms with E-state index in [4.69, 9.17) is 0 Å². The molecule has 0 spiro atoms. The van der Waals surface area contributed by atoms with Crippen LogP contribution in [0.5, 0.6) is 0 Å². The molecule has 156 valence electrons. The molecule has 0 fully saturated rings. The maximum atomic E-state index is 4.50. The molecule has 2 aromatic carbocycles. The number of aromatic amines is 1. The van der Waals surface area contributed by atoms with Gasteiger partial charge in [0, 0.05) is 12.0 Å². The molecule has 1 aliphatic heterocycles. The minimum Gasteiger partial charge on any atom is -0.304 e. The summed E-state index contributed by atoms with van der Waals surface area (Å²) in [6.45, 7) is 2.21. The summed E-state index contributed by atoms with van der Waals surface area (Å²) in [4.78, 5) is 0. The summed E-state index contributed by atoms with van der Waals surface area (Å²) >= 11 is 0. The van der Waals surface area contributed by atoms with E-state index in [1.54, 1.807) is 0 Å². The molecule has 0 aliphatic carbocycles. The molecule has 1 N–H and O–H groups in total. The number of aryl methyl sites for hydroxylation is 1. The van der Waals surface area contributed by atoms with Crippen LogP contribution in [0.25, 0.3) is 28.6 Å². The van der Waals surface area contributed by atoms with E-state index in [9.17, 15) is 0 Å². The Hall–Kier alpha value is -3.61. The molecule has 2 aromatic heterocycles. The number of hydrogen-bond acceptors (Lipinski definition) is 5. The third-order valence-electron chi connectivity index (χ3n) is 5.85. The van der Waals surface area contributed by atoms with Gasteiger partial charge >= 0.3 is 0 Å². The molecule has 0 bridgehead atoms. The normalized spacial score (nSPS) is 15.6. The van der Waals surface area contributed by atoms with Gasteiger partial charge in [0.2, 0.25) is 5.82 Å². The summed E-state index contributed by atoms with van der Waals surface area (Å²) in [6, 6.07) is 17.2. The molecule has 7 heteroatoms. The lowest BCUT2D eigenvalue weighted by Crippen LogP contribution is -2.14. The zero-order valence-electron chi connectivity index (χ0n) is 17.6. The van der Waals surface area contributed by atoms with Gasteiger partial charge < -0.3 is 4.57 Å². The van der Waals surface area contributed by atoms with Crippen molar-refractivity contribution in [2.45, 2.75) is 45.1 Å². The van der Waals surface area contributed by atoms with E-state index >= 15 is 0 Å². The fourth-order valence-corrected chi connectivity index (χ4v) is 4.27. The zero-order chi connectivity index (χ0) is 21.0. The summed E-state index contributed by atoms with van der Waals surface area (Å²) in [5, 5.41) is 23.5. The van der Waals surface area contributed by atoms with E-state index in [0.29, 0.717) is 5.82 Å². The van der Waals surface area contributed by atoms with E-state index in [0.717, 1.165) is 60.4 Å². The van der Waals surface area contributed by atoms with Gasteiger partial charge in [-0.05, 0) is 47.2 Å². The highest BCUT2D eigenvalue weighted by atomic mass is 15.5. The topological polar surface area (TPSA) is 85.2 Å². The molecule has 7 nitrogen and oxygen atoms in total. The molecule has 1 unspecified atom stereocenters. The van der Waals surface area contributed by atoms with Crippen molar-refractivity contribution in [2.75, 3.05) is 0 Å². The van der Waals surface area contributed by atoms with Gasteiger partial charge in [0.25, 0.3) is 0 Å². The Kier molecular flexibility index (Phi) is 5.39. The number of allylic oxidation sites excluding steroid dienone is 1. The number of unbranched alkanes of at least 4 members (excludes halogenated alkanes) is 1. The second kappa shape index (κ2) is 8.63. The van der Waals surface area contributed by atoms with E-state index in [2.05, 4.69) is 84.8 Å². The van der Waals surface area contributed by atoms with Crippen LogP contribution < -0.4 is 0 Å². The van der Waals surface area contributed by atoms with Crippen molar-refractivity contribution in [3.63, 3.8) is 0 Å². The highest BCUT2D eigenvalue weighted by Gasteiger charge is 2.22. The van der Waals surface area contributed by atoms with Crippen molar-refractivity contribution >= 4 is 6.08 Å². The van der Waals surface area contributed by atoms with Crippen LogP contribution in [-0.2, 0) is 6.42 Å². The second-order valence-corrected chi connectivity index (χ2v) is 7.85. The average Bonchev–Trinajstić information content (AvgIpc) is 3.44. The molecule has 1 aliphatic rings. The quantitative estimate of drug-likeness (QED) is 0.489. The molecule has 0 radical (unpaired) electrons. The number of fused-ring (bicyclic) bond motifs is 1. The Morgan fingerprint density at radius 1 is 1.00 bits per heavy atom. The zero-order valence-corrected chi connectivity index (χ0v) is 17.6. The van der Waals surface area contributed by atoms with Gasteiger partial charge in [-0.25, -0.2) is 0 Å². The van der Waals surface area contributed by atoms with Crippen LogP contribution in [0, 0.1) is 0 Å². The van der Waals surface area contributed by atoms with E-state index in [1.165, 1.54) is 5.56 Å².